The van der Waals surface area contributed by atoms with Gasteiger partial charge in [0.2, 0.25) is 5.91 Å². The van der Waals surface area contributed by atoms with E-state index < -0.39 is 5.97 Å². The third-order valence-electron chi connectivity index (χ3n) is 1.96. The van der Waals surface area contributed by atoms with Crippen molar-refractivity contribution in [2.45, 2.75) is 45.1 Å². The summed E-state index contributed by atoms with van der Waals surface area (Å²) in [7, 11) is 0. The van der Waals surface area contributed by atoms with Crippen LogP contribution < -0.4 is 5.32 Å². The Hall–Kier alpha value is -1.10. The van der Waals surface area contributed by atoms with Gasteiger partial charge in [-0.15, -0.1) is 0 Å². The summed E-state index contributed by atoms with van der Waals surface area (Å²) in [6, 6.07) is 0. The molecule has 0 aliphatic heterocycles. The summed E-state index contributed by atoms with van der Waals surface area (Å²) in [5, 5.41) is 19.5. The van der Waals surface area contributed by atoms with Gasteiger partial charge in [0.05, 0.1) is 6.10 Å². The molecule has 3 N–H and O–H groups in total. The Morgan fingerprint density at radius 2 is 1.93 bits per heavy atom. The van der Waals surface area contributed by atoms with E-state index in [4.69, 9.17) is 10.2 Å². The molecule has 88 valence electrons. The van der Waals surface area contributed by atoms with Gasteiger partial charge in [-0.05, 0) is 19.8 Å². The van der Waals surface area contributed by atoms with E-state index in [0.29, 0.717) is 6.42 Å². The molecule has 0 rings (SSSR count). The molecule has 15 heavy (non-hydrogen) atoms. The van der Waals surface area contributed by atoms with Crippen LogP contribution in [0.1, 0.15) is 39.0 Å². The number of carboxylic acid groups (broad SMARTS) is 1. The Balaban J connectivity index is 3.28. The van der Waals surface area contributed by atoms with Crippen LogP contribution in [0.15, 0.2) is 0 Å². The maximum absolute atomic E-state index is 11.0. The van der Waals surface area contributed by atoms with Gasteiger partial charge in [0, 0.05) is 6.42 Å². The molecule has 0 aliphatic rings. The molecule has 0 aromatic carbocycles. The van der Waals surface area contributed by atoms with Crippen molar-refractivity contribution in [3.63, 3.8) is 0 Å². The molecule has 5 nitrogen and oxygen atoms in total. The monoisotopic (exact) mass is 217 g/mol. The second kappa shape index (κ2) is 8.23. The van der Waals surface area contributed by atoms with Gasteiger partial charge in [0.1, 0.15) is 6.54 Å². The van der Waals surface area contributed by atoms with Crippen molar-refractivity contribution in [3.8, 4) is 0 Å². The van der Waals surface area contributed by atoms with Gasteiger partial charge in [-0.1, -0.05) is 12.8 Å². The van der Waals surface area contributed by atoms with Crippen molar-refractivity contribution in [2.24, 2.45) is 0 Å². The van der Waals surface area contributed by atoms with Crippen LogP contribution in [0.2, 0.25) is 0 Å². The molecule has 0 bridgehead atoms. The van der Waals surface area contributed by atoms with Gasteiger partial charge in [-0.3, -0.25) is 9.59 Å². The Labute approximate surface area is 89.5 Å². The van der Waals surface area contributed by atoms with Gasteiger partial charge in [-0.25, -0.2) is 0 Å². The molecule has 0 aliphatic carbocycles. The smallest absolute Gasteiger partial charge is 0.322 e. The first-order chi connectivity index (χ1) is 7.02. The minimum absolute atomic E-state index is 0.227. The molecule has 5 heteroatoms. The summed E-state index contributed by atoms with van der Waals surface area (Å²) in [6.45, 7) is 1.42. The minimum Gasteiger partial charge on any atom is -0.480 e. The lowest BCUT2D eigenvalue weighted by atomic mass is 10.1. The summed E-state index contributed by atoms with van der Waals surface area (Å²) >= 11 is 0. The van der Waals surface area contributed by atoms with Crippen LogP contribution in [0.3, 0.4) is 0 Å². The molecule has 0 aromatic rings. The number of rotatable bonds is 8. The van der Waals surface area contributed by atoms with E-state index in [1.165, 1.54) is 0 Å². The maximum atomic E-state index is 11.0. The normalized spacial score (nSPS) is 12.1. The average Bonchev–Trinajstić information content (AvgIpc) is 2.13. The van der Waals surface area contributed by atoms with Crippen molar-refractivity contribution in [1.82, 2.24) is 5.32 Å². The average molecular weight is 217 g/mol. The molecule has 0 aromatic heterocycles. The topological polar surface area (TPSA) is 86.6 Å². The first-order valence-electron chi connectivity index (χ1n) is 5.19. The zero-order chi connectivity index (χ0) is 11.7. The van der Waals surface area contributed by atoms with E-state index >= 15 is 0 Å². The van der Waals surface area contributed by atoms with Crippen LogP contribution in [0, 0.1) is 0 Å². The number of unbranched alkanes of at least 4 members (excludes halogenated alkanes) is 2. The second-order valence-electron chi connectivity index (χ2n) is 3.62. The van der Waals surface area contributed by atoms with Gasteiger partial charge < -0.3 is 15.5 Å². The van der Waals surface area contributed by atoms with Crippen LogP contribution in [-0.2, 0) is 9.59 Å². The number of aliphatic hydroxyl groups excluding tert-OH is 1. The van der Waals surface area contributed by atoms with E-state index in [2.05, 4.69) is 5.32 Å². The molecule has 1 atom stereocenters. The zero-order valence-electron chi connectivity index (χ0n) is 9.03. The lowest BCUT2D eigenvalue weighted by Crippen LogP contribution is -2.28. The van der Waals surface area contributed by atoms with Crippen molar-refractivity contribution in [2.75, 3.05) is 6.54 Å². The summed E-state index contributed by atoms with van der Waals surface area (Å²) in [4.78, 5) is 21.1. The molecule has 0 radical (unpaired) electrons. The lowest BCUT2D eigenvalue weighted by Gasteiger charge is -2.04. The van der Waals surface area contributed by atoms with Gasteiger partial charge in [0.15, 0.2) is 0 Å². The third-order valence-corrected chi connectivity index (χ3v) is 1.96. The highest BCUT2D eigenvalue weighted by molar-refractivity contribution is 5.80. The zero-order valence-corrected chi connectivity index (χ0v) is 9.03. The first-order valence-corrected chi connectivity index (χ1v) is 5.19. The molecular formula is C10H19NO4. The Bertz CT molecular complexity index is 204. The highest BCUT2D eigenvalue weighted by Gasteiger charge is 2.03. The van der Waals surface area contributed by atoms with Gasteiger partial charge in [0.25, 0.3) is 0 Å². The molecule has 0 heterocycles. The molecule has 0 spiro atoms. The molecule has 0 fully saturated rings. The number of carbonyl (C=O) groups excluding carboxylic acids is 1. The summed E-state index contributed by atoms with van der Waals surface area (Å²) in [5.41, 5.74) is 0. The quantitative estimate of drug-likeness (QED) is 0.517. The number of nitrogens with one attached hydrogen (secondary N) is 1. The predicted octanol–water partition coefficient (Wildman–Crippen LogP) is 0.518. The van der Waals surface area contributed by atoms with E-state index in [0.717, 1.165) is 25.7 Å². The number of carbonyl (C=O) groups is 2. The fourth-order valence-corrected chi connectivity index (χ4v) is 1.16. The number of aliphatic carboxylic acids is 1. The second-order valence-corrected chi connectivity index (χ2v) is 3.62. The standard InChI is InChI=1S/C10H19NO4/c1-8(12)5-3-2-4-6-9(13)11-7-10(14)15/h8,12H,2-7H2,1H3,(H,11,13)(H,14,15). The summed E-state index contributed by atoms with van der Waals surface area (Å²) < 4.78 is 0. The number of amides is 1. The lowest BCUT2D eigenvalue weighted by molar-refractivity contribution is -0.137. The molecular weight excluding hydrogens is 198 g/mol. The van der Waals surface area contributed by atoms with E-state index in [1.807, 2.05) is 0 Å². The maximum Gasteiger partial charge on any atom is 0.322 e. The first kappa shape index (κ1) is 13.9. The highest BCUT2D eigenvalue weighted by atomic mass is 16.4. The number of carboxylic acids is 1. The molecule has 0 saturated carbocycles. The largest absolute Gasteiger partial charge is 0.480 e. The summed E-state index contributed by atoms with van der Waals surface area (Å²) in [5.74, 6) is -1.26. The van der Waals surface area contributed by atoms with Crippen LogP contribution in [0.4, 0.5) is 0 Å². The predicted molar refractivity (Wildman–Crippen MR) is 55.4 cm³/mol. The SMILES string of the molecule is CC(O)CCCCCC(=O)NCC(=O)O. The number of hydrogen-bond acceptors (Lipinski definition) is 3. The minimum atomic E-state index is -1.03. The number of hydrogen-bond donors (Lipinski definition) is 3. The van der Waals surface area contributed by atoms with Crippen LogP contribution in [0.25, 0.3) is 0 Å². The van der Waals surface area contributed by atoms with Crippen molar-refractivity contribution < 1.29 is 19.8 Å². The third kappa shape index (κ3) is 10.8. The Kier molecular flexibility index (Phi) is 7.62. The Morgan fingerprint density at radius 3 is 2.47 bits per heavy atom. The van der Waals surface area contributed by atoms with Crippen molar-refractivity contribution in [3.05, 3.63) is 0 Å². The fraction of sp³-hybridized carbons (Fsp3) is 0.800. The number of aliphatic hydroxyl groups is 1. The summed E-state index contributed by atoms with van der Waals surface area (Å²) in [6.07, 6.45) is 3.32. The highest BCUT2D eigenvalue weighted by Crippen LogP contribution is 2.05. The molecule has 1 amide bonds. The van der Waals surface area contributed by atoms with Crippen LogP contribution >= 0.6 is 0 Å². The Morgan fingerprint density at radius 1 is 1.27 bits per heavy atom. The van der Waals surface area contributed by atoms with Gasteiger partial charge in [-0.2, -0.15) is 0 Å². The molecule has 1 unspecified atom stereocenters. The van der Waals surface area contributed by atoms with E-state index in [1.54, 1.807) is 6.92 Å². The fourth-order valence-electron chi connectivity index (χ4n) is 1.16. The van der Waals surface area contributed by atoms with Crippen LogP contribution in [0.5, 0.6) is 0 Å². The van der Waals surface area contributed by atoms with E-state index in [-0.39, 0.29) is 18.6 Å². The van der Waals surface area contributed by atoms with E-state index in [9.17, 15) is 9.59 Å². The van der Waals surface area contributed by atoms with Gasteiger partial charge >= 0.3 is 5.97 Å². The molecule has 0 saturated heterocycles. The van der Waals surface area contributed by atoms with Crippen molar-refractivity contribution >= 4 is 11.9 Å². The van der Waals surface area contributed by atoms with Crippen LogP contribution in [-0.4, -0.2) is 34.7 Å². The van der Waals surface area contributed by atoms with Crippen molar-refractivity contribution in [1.29, 1.82) is 0 Å².